The highest BCUT2D eigenvalue weighted by Crippen LogP contribution is 2.60. The molecule has 2 fully saturated rings. The zero-order chi connectivity index (χ0) is 13.6. The summed E-state index contributed by atoms with van der Waals surface area (Å²) in [4.78, 5) is 11.1. The maximum absolute atomic E-state index is 11.1. The van der Waals surface area contributed by atoms with Gasteiger partial charge >= 0.3 is 5.97 Å². The van der Waals surface area contributed by atoms with E-state index in [4.69, 9.17) is 5.11 Å². The Bertz CT molecular complexity index is 475. The molecular formula is C13H20N4O2. The van der Waals surface area contributed by atoms with E-state index in [-0.39, 0.29) is 6.04 Å². The van der Waals surface area contributed by atoms with Crippen LogP contribution in [0.5, 0.6) is 0 Å². The van der Waals surface area contributed by atoms with Crippen molar-refractivity contribution in [1.82, 2.24) is 20.2 Å². The van der Waals surface area contributed by atoms with Crippen molar-refractivity contribution in [3.63, 3.8) is 0 Å². The lowest BCUT2D eigenvalue weighted by molar-refractivity contribution is -0.142. The van der Waals surface area contributed by atoms with E-state index in [1.165, 1.54) is 25.7 Å². The molecule has 0 spiro atoms. The number of hydrogen-bond donors (Lipinski definition) is 1. The molecule has 0 saturated heterocycles. The van der Waals surface area contributed by atoms with E-state index in [0.29, 0.717) is 5.92 Å². The first kappa shape index (κ1) is 12.6. The molecule has 1 N–H and O–H groups in total. The highest BCUT2D eigenvalue weighted by atomic mass is 16.4. The molecule has 6 nitrogen and oxygen atoms in total. The Balaban J connectivity index is 1.81. The normalized spacial score (nSPS) is 32.4. The van der Waals surface area contributed by atoms with Crippen LogP contribution in [0.2, 0.25) is 0 Å². The fraction of sp³-hybridized carbons (Fsp3) is 0.846. The van der Waals surface area contributed by atoms with Gasteiger partial charge < -0.3 is 5.11 Å². The van der Waals surface area contributed by atoms with Gasteiger partial charge in [-0.05, 0) is 49.0 Å². The van der Waals surface area contributed by atoms with Crippen molar-refractivity contribution in [2.24, 2.45) is 17.8 Å². The van der Waals surface area contributed by atoms with E-state index >= 15 is 0 Å². The van der Waals surface area contributed by atoms with Gasteiger partial charge in [-0.3, -0.25) is 4.79 Å². The average Bonchev–Trinajstić information content (AvgIpc) is 2.94. The van der Waals surface area contributed by atoms with Gasteiger partial charge in [0.05, 0.1) is 12.0 Å². The van der Waals surface area contributed by atoms with Crippen LogP contribution in [0, 0.1) is 17.8 Å². The van der Waals surface area contributed by atoms with Gasteiger partial charge in [-0.2, -0.15) is 0 Å². The highest BCUT2D eigenvalue weighted by Gasteiger charge is 2.54. The van der Waals surface area contributed by atoms with Crippen molar-refractivity contribution >= 4 is 5.97 Å². The number of tetrazole rings is 1. The monoisotopic (exact) mass is 264 g/mol. The minimum absolute atomic E-state index is 0.204. The lowest BCUT2D eigenvalue weighted by atomic mass is 10.0. The number of hydrogen-bond acceptors (Lipinski definition) is 4. The second kappa shape index (κ2) is 4.58. The fourth-order valence-electron chi connectivity index (χ4n) is 3.50. The second-order valence-corrected chi connectivity index (χ2v) is 5.99. The van der Waals surface area contributed by atoms with Crippen LogP contribution in [0.3, 0.4) is 0 Å². The summed E-state index contributed by atoms with van der Waals surface area (Å²) in [7, 11) is 0. The Labute approximate surface area is 112 Å². The molecule has 0 radical (unpaired) electrons. The smallest absolute Gasteiger partial charge is 0.308 e. The van der Waals surface area contributed by atoms with Gasteiger partial charge in [0.2, 0.25) is 0 Å². The van der Waals surface area contributed by atoms with Crippen molar-refractivity contribution < 1.29 is 9.90 Å². The van der Waals surface area contributed by atoms with Gasteiger partial charge in [0.1, 0.15) is 0 Å². The summed E-state index contributed by atoms with van der Waals surface area (Å²) in [5.41, 5.74) is 0. The van der Waals surface area contributed by atoms with E-state index in [1.807, 2.05) is 6.92 Å². The van der Waals surface area contributed by atoms with Gasteiger partial charge in [-0.1, -0.05) is 12.8 Å². The molecule has 6 heteroatoms. The quantitative estimate of drug-likeness (QED) is 0.897. The summed E-state index contributed by atoms with van der Waals surface area (Å²) in [6.07, 6.45) is 5.15. The summed E-state index contributed by atoms with van der Waals surface area (Å²) in [6.45, 7) is 3.59. The maximum Gasteiger partial charge on any atom is 0.308 e. The number of carbonyl (C=O) groups is 1. The fourth-order valence-corrected chi connectivity index (χ4v) is 3.50. The molecule has 3 rings (SSSR count). The molecule has 1 heterocycles. The van der Waals surface area contributed by atoms with Gasteiger partial charge in [-0.15, -0.1) is 5.10 Å². The lowest BCUT2D eigenvalue weighted by Gasteiger charge is -2.17. The second-order valence-electron chi connectivity index (χ2n) is 5.99. The molecule has 19 heavy (non-hydrogen) atoms. The third-order valence-corrected chi connectivity index (χ3v) is 4.97. The van der Waals surface area contributed by atoms with Crippen LogP contribution in [0.15, 0.2) is 0 Å². The van der Waals surface area contributed by atoms with Gasteiger partial charge in [0.15, 0.2) is 5.82 Å². The first-order valence-corrected chi connectivity index (χ1v) is 7.12. The third kappa shape index (κ3) is 2.03. The number of rotatable bonds is 4. The minimum Gasteiger partial charge on any atom is -0.481 e. The predicted molar refractivity (Wildman–Crippen MR) is 67.5 cm³/mol. The van der Waals surface area contributed by atoms with Crippen LogP contribution in [-0.4, -0.2) is 31.3 Å². The SMILES string of the molecule is CC(C(=O)O)C(C)n1nnnc1C1C2CCCCC21. The summed E-state index contributed by atoms with van der Waals surface area (Å²) in [5.74, 6) is 1.53. The molecule has 2 aliphatic carbocycles. The Hall–Kier alpha value is -1.46. The number of aliphatic carboxylic acids is 1. The third-order valence-electron chi connectivity index (χ3n) is 4.97. The zero-order valence-corrected chi connectivity index (χ0v) is 11.4. The molecular weight excluding hydrogens is 244 g/mol. The van der Waals surface area contributed by atoms with Crippen LogP contribution < -0.4 is 0 Å². The summed E-state index contributed by atoms with van der Waals surface area (Å²) in [6, 6.07) is -0.204. The van der Waals surface area contributed by atoms with Crippen LogP contribution in [0.4, 0.5) is 0 Å². The van der Waals surface area contributed by atoms with Crippen LogP contribution in [0.1, 0.15) is 57.3 Å². The lowest BCUT2D eigenvalue weighted by Crippen LogP contribution is -2.24. The van der Waals surface area contributed by atoms with Gasteiger partial charge in [0.25, 0.3) is 0 Å². The Morgan fingerprint density at radius 3 is 2.53 bits per heavy atom. The number of carboxylic acids is 1. The predicted octanol–water partition coefficient (Wildman–Crippen LogP) is 1.86. The Morgan fingerprint density at radius 1 is 1.32 bits per heavy atom. The van der Waals surface area contributed by atoms with Crippen molar-refractivity contribution in [3.05, 3.63) is 5.82 Å². The summed E-state index contributed by atoms with van der Waals surface area (Å²) < 4.78 is 1.74. The average molecular weight is 264 g/mol. The number of aromatic nitrogens is 4. The molecule has 2 saturated carbocycles. The van der Waals surface area contributed by atoms with Crippen LogP contribution >= 0.6 is 0 Å². The van der Waals surface area contributed by atoms with E-state index in [1.54, 1.807) is 11.6 Å². The Kier molecular flexibility index (Phi) is 3.03. The van der Waals surface area contributed by atoms with Crippen LogP contribution in [-0.2, 0) is 4.79 Å². The maximum atomic E-state index is 11.1. The molecule has 104 valence electrons. The van der Waals surface area contributed by atoms with Crippen molar-refractivity contribution in [1.29, 1.82) is 0 Å². The highest BCUT2D eigenvalue weighted by molar-refractivity contribution is 5.70. The largest absolute Gasteiger partial charge is 0.481 e. The Morgan fingerprint density at radius 2 is 1.95 bits per heavy atom. The van der Waals surface area contributed by atoms with Gasteiger partial charge in [0, 0.05) is 5.92 Å². The van der Waals surface area contributed by atoms with Crippen molar-refractivity contribution in [3.8, 4) is 0 Å². The zero-order valence-electron chi connectivity index (χ0n) is 11.4. The summed E-state index contributed by atoms with van der Waals surface area (Å²) >= 11 is 0. The molecule has 0 bridgehead atoms. The van der Waals surface area contributed by atoms with Gasteiger partial charge in [-0.25, -0.2) is 4.68 Å². The number of carboxylic acid groups (broad SMARTS) is 1. The van der Waals surface area contributed by atoms with Crippen molar-refractivity contribution in [2.45, 2.75) is 51.5 Å². The van der Waals surface area contributed by atoms with E-state index in [2.05, 4.69) is 15.5 Å². The molecule has 4 unspecified atom stereocenters. The number of nitrogens with zero attached hydrogens (tertiary/aromatic N) is 4. The molecule has 0 aliphatic heterocycles. The van der Waals surface area contributed by atoms with E-state index in [9.17, 15) is 4.79 Å². The standard InChI is InChI=1S/C13H20N4O2/c1-7(13(18)19)8(2)17-12(14-15-16-17)11-9-5-3-4-6-10(9)11/h7-11H,3-6H2,1-2H3,(H,18,19). The molecule has 1 aromatic heterocycles. The first-order valence-electron chi connectivity index (χ1n) is 7.12. The topological polar surface area (TPSA) is 80.9 Å². The molecule has 0 amide bonds. The first-order chi connectivity index (χ1) is 9.11. The van der Waals surface area contributed by atoms with Crippen LogP contribution in [0.25, 0.3) is 0 Å². The molecule has 4 atom stereocenters. The number of fused-ring (bicyclic) bond motifs is 1. The summed E-state index contributed by atoms with van der Waals surface area (Å²) in [5, 5.41) is 21.1. The minimum atomic E-state index is -0.804. The molecule has 0 aromatic carbocycles. The molecule has 2 aliphatic rings. The van der Waals surface area contributed by atoms with E-state index in [0.717, 1.165) is 17.7 Å². The van der Waals surface area contributed by atoms with E-state index < -0.39 is 11.9 Å². The van der Waals surface area contributed by atoms with Crippen molar-refractivity contribution in [2.75, 3.05) is 0 Å². The molecule has 1 aromatic rings.